The van der Waals surface area contributed by atoms with Crippen molar-refractivity contribution in [2.45, 2.75) is 75.6 Å². The number of aromatic nitrogens is 3. The van der Waals surface area contributed by atoms with Crippen LogP contribution in [0.3, 0.4) is 0 Å². The van der Waals surface area contributed by atoms with Gasteiger partial charge in [-0.3, -0.25) is 0 Å². The van der Waals surface area contributed by atoms with Crippen LogP contribution in [-0.4, -0.2) is 46.1 Å². The molecule has 2 atom stereocenters. The molecule has 0 radical (unpaired) electrons. The van der Waals surface area contributed by atoms with Gasteiger partial charge >= 0.3 is 6.18 Å². The summed E-state index contributed by atoms with van der Waals surface area (Å²) in [5.41, 5.74) is 3.66. The summed E-state index contributed by atoms with van der Waals surface area (Å²) in [4.78, 5) is 6.12. The summed E-state index contributed by atoms with van der Waals surface area (Å²) < 4.78 is 53.2. The fourth-order valence-corrected chi connectivity index (χ4v) is 5.64. The van der Waals surface area contributed by atoms with Crippen molar-refractivity contribution in [3.05, 3.63) is 17.5 Å². The smallest absolute Gasteiger partial charge is 0.416 e. The van der Waals surface area contributed by atoms with Crippen molar-refractivity contribution in [1.29, 1.82) is 0 Å². The average Bonchev–Trinajstić information content (AvgIpc) is 3.48. The first kappa shape index (κ1) is 23.3. The Hall–Kier alpha value is -2.40. The fraction of sp³-hybridized carbons (Fsp3) is 0.696. The van der Waals surface area contributed by atoms with E-state index in [-0.39, 0.29) is 40.9 Å². The van der Waals surface area contributed by atoms with E-state index in [2.05, 4.69) is 15.2 Å². The minimum Gasteiger partial charge on any atom is -0.416 e. The van der Waals surface area contributed by atoms with E-state index in [0.717, 1.165) is 44.6 Å². The first-order chi connectivity index (χ1) is 16.3. The molecule has 3 aliphatic rings. The molecule has 0 saturated carbocycles. The molecule has 2 saturated heterocycles. The first-order valence-corrected chi connectivity index (χ1v) is 12.1. The van der Waals surface area contributed by atoms with Gasteiger partial charge in [0.1, 0.15) is 17.0 Å². The summed E-state index contributed by atoms with van der Waals surface area (Å²) in [5.74, 6) is -0.272. The lowest BCUT2D eigenvalue weighted by Gasteiger charge is -2.36. The van der Waals surface area contributed by atoms with Gasteiger partial charge in [0.2, 0.25) is 5.89 Å². The highest BCUT2D eigenvalue weighted by Crippen LogP contribution is 2.44. The Labute approximate surface area is 195 Å². The van der Waals surface area contributed by atoms with Crippen molar-refractivity contribution in [3.63, 3.8) is 0 Å². The summed E-state index contributed by atoms with van der Waals surface area (Å²) in [6.07, 6.45) is 2.03. The van der Waals surface area contributed by atoms with Crippen LogP contribution in [0, 0.1) is 5.92 Å². The zero-order valence-corrected chi connectivity index (χ0v) is 19.0. The molecular formula is C23H30F3N5O3. The van der Waals surface area contributed by atoms with Gasteiger partial charge in [-0.25, -0.2) is 4.98 Å². The van der Waals surface area contributed by atoms with E-state index in [1.54, 1.807) is 4.90 Å². The Morgan fingerprint density at radius 2 is 1.82 bits per heavy atom. The maximum Gasteiger partial charge on any atom is 0.420 e. The summed E-state index contributed by atoms with van der Waals surface area (Å²) in [6.45, 7) is 1.59. The van der Waals surface area contributed by atoms with Gasteiger partial charge in [0, 0.05) is 31.7 Å². The molecule has 5 heterocycles. The number of aliphatic hydroxyl groups is 1. The SMILES string of the molecule is Nc1cc(C(F)(F)F)c2nc1-c1nnc(o1)C(O)(C1CCOCC1)CCCCC[C@@H]1CCCN21. The maximum absolute atomic E-state index is 14.0. The van der Waals surface area contributed by atoms with Gasteiger partial charge in [-0.2, -0.15) is 13.2 Å². The van der Waals surface area contributed by atoms with Crippen molar-refractivity contribution in [2.75, 3.05) is 30.4 Å². The normalized spacial score (nSPS) is 26.8. The Morgan fingerprint density at radius 1 is 1.06 bits per heavy atom. The molecule has 0 aromatic carbocycles. The Kier molecular flexibility index (Phi) is 6.18. The van der Waals surface area contributed by atoms with Crippen molar-refractivity contribution in [2.24, 2.45) is 5.92 Å². The highest BCUT2D eigenvalue weighted by Gasteiger charge is 2.44. The van der Waals surface area contributed by atoms with E-state index in [1.165, 1.54) is 0 Å². The second kappa shape index (κ2) is 8.99. The van der Waals surface area contributed by atoms with Crippen LogP contribution in [0.2, 0.25) is 0 Å². The topological polar surface area (TPSA) is 111 Å². The highest BCUT2D eigenvalue weighted by atomic mass is 19.4. The van der Waals surface area contributed by atoms with Gasteiger partial charge in [-0.1, -0.05) is 19.3 Å². The number of halogens is 3. The van der Waals surface area contributed by atoms with Crippen LogP contribution in [-0.2, 0) is 16.5 Å². The summed E-state index contributed by atoms with van der Waals surface area (Å²) >= 11 is 0. The number of nitrogens with zero attached hydrogens (tertiary/aromatic N) is 4. The lowest BCUT2D eigenvalue weighted by molar-refractivity contribution is -0.137. The molecule has 2 aromatic rings. The third-order valence-corrected chi connectivity index (χ3v) is 7.48. The van der Waals surface area contributed by atoms with Gasteiger partial charge in [0.25, 0.3) is 5.89 Å². The van der Waals surface area contributed by atoms with Crippen molar-refractivity contribution in [3.8, 4) is 11.6 Å². The molecule has 8 nitrogen and oxygen atoms in total. The third-order valence-electron chi connectivity index (χ3n) is 7.48. The molecule has 11 heteroatoms. The molecule has 5 rings (SSSR count). The second-order valence-corrected chi connectivity index (χ2v) is 9.61. The number of hydrogen-bond acceptors (Lipinski definition) is 8. The summed E-state index contributed by atoms with van der Waals surface area (Å²) in [7, 11) is 0. The van der Waals surface area contributed by atoms with Gasteiger partial charge < -0.3 is 24.9 Å². The van der Waals surface area contributed by atoms with Gasteiger partial charge in [-0.15, -0.1) is 10.2 Å². The predicted octanol–water partition coefficient (Wildman–Crippen LogP) is 4.28. The number of hydrogen-bond donors (Lipinski definition) is 2. The van der Waals surface area contributed by atoms with Crippen LogP contribution in [0.25, 0.3) is 11.6 Å². The standard InChI is InChI=1S/C23H30F3N5O3/c24-23(25,26)16-13-17(27)18-20-29-30-21(34-20)22(32,14-7-11-33-12-8-14)9-3-1-2-5-15-6-4-10-31(15)19(16)28-18/h13-15,32H,1-12,27H2/t15-,22?/m1/s1. The minimum absolute atomic E-state index is 0.0128. The van der Waals surface area contributed by atoms with E-state index in [9.17, 15) is 18.3 Å². The molecule has 34 heavy (non-hydrogen) atoms. The number of anilines is 2. The molecule has 2 aromatic heterocycles. The largest absolute Gasteiger partial charge is 0.420 e. The van der Waals surface area contributed by atoms with Gasteiger partial charge in [0.05, 0.1) is 5.69 Å². The number of pyridine rings is 1. The van der Waals surface area contributed by atoms with Crippen LogP contribution in [0.1, 0.15) is 69.2 Å². The maximum atomic E-state index is 14.0. The molecule has 186 valence electrons. The highest BCUT2D eigenvalue weighted by molar-refractivity contribution is 5.71. The number of alkyl halides is 3. The summed E-state index contributed by atoms with van der Waals surface area (Å²) in [5, 5.41) is 19.9. The molecule has 3 N–H and O–H groups in total. The lowest BCUT2D eigenvalue weighted by Crippen LogP contribution is -2.39. The molecule has 0 amide bonds. The molecule has 3 aliphatic heterocycles. The fourth-order valence-electron chi connectivity index (χ4n) is 5.64. The Morgan fingerprint density at radius 3 is 2.59 bits per heavy atom. The third kappa shape index (κ3) is 4.24. The molecular weight excluding hydrogens is 451 g/mol. The van der Waals surface area contributed by atoms with Crippen LogP contribution >= 0.6 is 0 Å². The lowest BCUT2D eigenvalue weighted by atomic mass is 9.78. The predicted molar refractivity (Wildman–Crippen MR) is 118 cm³/mol. The number of fused-ring (bicyclic) bond motifs is 7. The van der Waals surface area contributed by atoms with Crippen LogP contribution < -0.4 is 10.6 Å². The van der Waals surface area contributed by atoms with Crippen molar-refractivity contribution >= 4 is 11.5 Å². The van der Waals surface area contributed by atoms with Gasteiger partial charge in [0.15, 0.2) is 5.69 Å². The quantitative estimate of drug-likeness (QED) is 0.621. The molecule has 0 spiro atoms. The molecule has 1 unspecified atom stereocenters. The number of nitrogen functional groups attached to an aromatic ring is 1. The number of nitrogens with two attached hydrogens (primary N) is 1. The second-order valence-electron chi connectivity index (χ2n) is 9.61. The van der Waals surface area contributed by atoms with E-state index in [0.29, 0.717) is 39.0 Å². The zero-order chi connectivity index (χ0) is 23.9. The molecule has 4 bridgehead atoms. The Bertz CT molecular complexity index is 1020. The monoisotopic (exact) mass is 481 g/mol. The van der Waals surface area contributed by atoms with E-state index < -0.39 is 17.3 Å². The van der Waals surface area contributed by atoms with Crippen LogP contribution in [0.15, 0.2) is 10.5 Å². The van der Waals surface area contributed by atoms with E-state index >= 15 is 0 Å². The molecule has 0 aliphatic carbocycles. The number of ether oxygens (including phenoxy) is 1. The molecule has 2 fully saturated rings. The summed E-state index contributed by atoms with van der Waals surface area (Å²) in [6, 6.07) is 0.883. The van der Waals surface area contributed by atoms with E-state index in [1.807, 2.05) is 0 Å². The van der Waals surface area contributed by atoms with Crippen LogP contribution in [0.4, 0.5) is 24.7 Å². The van der Waals surface area contributed by atoms with Crippen molar-refractivity contribution < 1.29 is 27.4 Å². The number of rotatable bonds is 1. The van der Waals surface area contributed by atoms with Gasteiger partial charge in [-0.05, 0) is 44.6 Å². The van der Waals surface area contributed by atoms with E-state index in [4.69, 9.17) is 14.9 Å². The first-order valence-electron chi connectivity index (χ1n) is 12.1. The Balaban J connectivity index is 1.62. The average molecular weight is 482 g/mol. The zero-order valence-electron chi connectivity index (χ0n) is 19.0. The minimum atomic E-state index is -4.60. The van der Waals surface area contributed by atoms with Crippen LogP contribution in [0.5, 0.6) is 0 Å². The van der Waals surface area contributed by atoms with Crippen molar-refractivity contribution in [1.82, 2.24) is 15.2 Å².